The van der Waals surface area contributed by atoms with E-state index in [1.165, 1.54) is 4.31 Å². The van der Waals surface area contributed by atoms with Crippen LogP contribution in [-0.4, -0.2) is 32.4 Å². The second-order valence-corrected chi connectivity index (χ2v) is 8.40. The van der Waals surface area contributed by atoms with E-state index in [0.29, 0.717) is 24.6 Å². The molecule has 26 heavy (non-hydrogen) atoms. The fourth-order valence-electron chi connectivity index (χ4n) is 2.51. The first-order valence-electron chi connectivity index (χ1n) is 8.84. The summed E-state index contributed by atoms with van der Waals surface area (Å²) in [5.74, 6) is 0.890. The second-order valence-electron chi connectivity index (χ2n) is 6.40. The Kier molecular flexibility index (Phi) is 7.20. The first kappa shape index (κ1) is 20.4. The molecule has 0 saturated heterocycles. The maximum atomic E-state index is 12.5. The minimum Gasteiger partial charge on any atom is -0.494 e. The van der Waals surface area contributed by atoms with Crippen LogP contribution in [0.2, 0.25) is 0 Å². The molecule has 1 N–H and O–H groups in total. The Balaban J connectivity index is 1.98. The molecule has 0 spiro atoms. The summed E-state index contributed by atoms with van der Waals surface area (Å²) >= 11 is 0. The summed E-state index contributed by atoms with van der Waals surface area (Å²) < 4.78 is 32.0. The van der Waals surface area contributed by atoms with Gasteiger partial charge in [0.25, 0.3) is 0 Å². The van der Waals surface area contributed by atoms with E-state index >= 15 is 0 Å². The van der Waals surface area contributed by atoms with Crippen molar-refractivity contribution in [1.82, 2.24) is 9.62 Å². The van der Waals surface area contributed by atoms with Crippen molar-refractivity contribution in [3.8, 4) is 5.75 Å². The molecule has 142 valence electrons. The number of nitrogens with one attached hydrogen (secondary N) is 1. The normalized spacial score (nSPS) is 11.9. The van der Waals surface area contributed by atoms with Gasteiger partial charge in [-0.05, 0) is 44.5 Å². The summed E-state index contributed by atoms with van der Waals surface area (Å²) in [5.41, 5.74) is 2.14. The third kappa shape index (κ3) is 5.06. The van der Waals surface area contributed by atoms with Crippen molar-refractivity contribution in [2.75, 3.05) is 13.7 Å². The van der Waals surface area contributed by atoms with Gasteiger partial charge in [0.15, 0.2) is 0 Å². The van der Waals surface area contributed by atoms with Gasteiger partial charge in [-0.2, -0.15) is 4.31 Å². The number of hydrogen-bond acceptors (Lipinski definition) is 4. The Bertz CT molecular complexity index is 802. The smallest absolute Gasteiger partial charge is 0.243 e. The van der Waals surface area contributed by atoms with Crippen LogP contribution in [0.3, 0.4) is 0 Å². The van der Waals surface area contributed by atoms with Gasteiger partial charge in [0, 0.05) is 31.7 Å². The molecule has 2 aromatic carbocycles. The Labute approximate surface area is 157 Å². The molecule has 2 aromatic rings. The van der Waals surface area contributed by atoms with E-state index in [4.69, 9.17) is 4.74 Å². The maximum absolute atomic E-state index is 12.5. The standard InChI is InChI=1S/C20H28N2O3S/c1-5-25-20-9-7-6-8-18(20)15-21-14-17-10-12-19(13-11-17)26(23,24)22(4)16(2)3/h6-13,16,21H,5,14-15H2,1-4H3. The summed E-state index contributed by atoms with van der Waals surface area (Å²) in [4.78, 5) is 0.319. The van der Waals surface area contributed by atoms with E-state index in [2.05, 4.69) is 5.32 Å². The molecular formula is C20H28N2O3S. The number of hydrogen-bond donors (Lipinski definition) is 1. The minimum absolute atomic E-state index is 0.0771. The number of sulfonamides is 1. The monoisotopic (exact) mass is 376 g/mol. The molecule has 6 heteroatoms. The molecular weight excluding hydrogens is 348 g/mol. The minimum atomic E-state index is -3.43. The number of rotatable bonds is 9. The van der Waals surface area contributed by atoms with Gasteiger partial charge in [-0.3, -0.25) is 0 Å². The average Bonchev–Trinajstić information content (AvgIpc) is 2.63. The molecule has 0 unspecified atom stereocenters. The van der Waals surface area contributed by atoms with Gasteiger partial charge in [0.1, 0.15) is 5.75 Å². The van der Waals surface area contributed by atoms with Crippen LogP contribution in [0.4, 0.5) is 0 Å². The van der Waals surface area contributed by atoms with Crippen molar-refractivity contribution in [3.63, 3.8) is 0 Å². The molecule has 0 aliphatic carbocycles. The fourth-order valence-corrected chi connectivity index (χ4v) is 3.88. The quantitative estimate of drug-likeness (QED) is 0.729. The van der Waals surface area contributed by atoms with Crippen molar-refractivity contribution < 1.29 is 13.2 Å². The lowest BCUT2D eigenvalue weighted by atomic mass is 10.2. The number of benzene rings is 2. The lowest BCUT2D eigenvalue weighted by Gasteiger charge is -2.21. The molecule has 0 aromatic heterocycles. The Morgan fingerprint density at radius 2 is 1.69 bits per heavy atom. The molecule has 2 rings (SSSR count). The first-order chi connectivity index (χ1) is 12.4. The first-order valence-corrected chi connectivity index (χ1v) is 10.3. The Hall–Kier alpha value is -1.89. The predicted molar refractivity (Wildman–Crippen MR) is 105 cm³/mol. The van der Waals surface area contributed by atoms with E-state index in [1.54, 1.807) is 19.2 Å². The topological polar surface area (TPSA) is 58.6 Å². The number of ether oxygens (including phenoxy) is 1. The van der Waals surface area contributed by atoms with Crippen LogP contribution in [0.25, 0.3) is 0 Å². The van der Waals surface area contributed by atoms with Gasteiger partial charge >= 0.3 is 0 Å². The van der Waals surface area contributed by atoms with Crippen molar-refractivity contribution in [2.24, 2.45) is 0 Å². The number of para-hydroxylation sites is 1. The van der Waals surface area contributed by atoms with Crippen molar-refractivity contribution in [1.29, 1.82) is 0 Å². The molecule has 0 atom stereocenters. The molecule has 0 amide bonds. The second kappa shape index (κ2) is 9.16. The van der Waals surface area contributed by atoms with Crippen LogP contribution in [-0.2, 0) is 23.1 Å². The van der Waals surface area contributed by atoms with Gasteiger partial charge in [0.2, 0.25) is 10.0 Å². The van der Waals surface area contributed by atoms with E-state index in [0.717, 1.165) is 16.9 Å². The molecule has 0 heterocycles. The lowest BCUT2D eigenvalue weighted by Crippen LogP contribution is -2.33. The largest absolute Gasteiger partial charge is 0.494 e. The lowest BCUT2D eigenvalue weighted by molar-refractivity contribution is 0.335. The van der Waals surface area contributed by atoms with Crippen molar-refractivity contribution in [2.45, 2.75) is 44.8 Å². The summed E-state index contributed by atoms with van der Waals surface area (Å²) in [6.45, 7) is 7.66. The molecule has 0 bridgehead atoms. The zero-order valence-electron chi connectivity index (χ0n) is 15.9. The van der Waals surface area contributed by atoms with Crippen LogP contribution in [0.5, 0.6) is 5.75 Å². The van der Waals surface area contributed by atoms with Gasteiger partial charge in [0.05, 0.1) is 11.5 Å². The zero-order chi connectivity index (χ0) is 19.2. The van der Waals surface area contributed by atoms with Crippen molar-refractivity contribution in [3.05, 3.63) is 59.7 Å². The highest BCUT2D eigenvalue weighted by atomic mass is 32.2. The Morgan fingerprint density at radius 1 is 1.04 bits per heavy atom. The van der Waals surface area contributed by atoms with Gasteiger partial charge < -0.3 is 10.1 Å². The van der Waals surface area contributed by atoms with Crippen LogP contribution in [0, 0.1) is 0 Å². The third-order valence-electron chi connectivity index (χ3n) is 4.24. The zero-order valence-corrected chi connectivity index (χ0v) is 16.7. The van der Waals surface area contributed by atoms with E-state index in [9.17, 15) is 8.42 Å². The molecule has 0 aliphatic heterocycles. The van der Waals surface area contributed by atoms with Gasteiger partial charge in [-0.1, -0.05) is 30.3 Å². The van der Waals surface area contributed by atoms with Crippen LogP contribution < -0.4 is 10.1 Å². The highest BCUT2D eigenvalue weighted by Gasteiger charge is 2.22. The maximum Gasteiger partial charge on any atom is 0.243 e. The van der Waals surface area contributed by atoms with Gasteiger partial charge in [-0.15, -0.1) is 0 Å². The fraction of sp³-hybridized carbons (Fsp3) is 0.400. The summed E-state index contributed by atoms with van der Waals surface area (Å²) in [5, 5.41) is 3.38. The van der Waals surface area contributed by atoms with Crippen LogP contribution in [0.1, 0.15) is 31.9 Å². The molecule has 0 saturated carbocycles. The number of nitrogens with zero attached hydrogens (tertiary/aromatic N) is 1. The molecule has 5 nitrogen and oxygen atoms in total. The third-order valence-corrected chi connectivity index (χ3v) is 6.29. The molecule has 0 aliphatic rings. The summed E-state index contributed by atoms with van der Waals surface area (Å²) in [6.07, 6.45) is 0. The molecule has 0 fully saturated rings. The predicted octanol–water partition coefficient (Wildman–Crippen LogP) is 3.40. The van der Waals surface area contributed by atoms with Crippen molar-refractivity contribution >= 4 is 10.0 Å². The van der Waals surface area contributed by atoms with Gasteiger partial charge in [-0.25, -0.2) is 8.42 Å². The van der Waals surface area contributed by atoms with E-state index in [1.807, 2.05) is 57.2 Å². The average molecular weight is 377 g/mol. The Morgan fingerprint density at radius 3 is 2.31 bits per heavy atom. The summed E-state index contributed by atoms with van der Waals surface area (Å²) in [7, 11) is -1.83. The SMILES string of the molecule is CCOc1ccccc1CNCc1ccc(S(=O)(=O)N(C)C(C)C)cc1. The van der Waals surface area contributed by atoms with E-state index < -0.39 is 10.0 Å². The van der Waals surface area contributed by atoms with Crippen LogP contribution >= 0.6 is 0 Å². The van der Waals surface area contributed by atoms with Crippen LogP contribution in [0.15, 0.2) is 53.4 Å². The van der Waals surface area contributed by atoms with E-state index in [-0.39, 0.29) is 6.04 Å². The highest BCUT2D eigenvalue weighted by Crippen LogP contribution is 2.19. The molecule has 0 radical (unpaired) electrons. The summed E-state index contributed by atoms with van der Waals surface area (Å²) in [6, 6.07) is 14.9. The highest BCUT2D eigenvalue weighted by molar-refractivity contribution is 7.89.